The average molecular weight is 316 g/mol. The molecule has 22 heavy (non-hydrogen) atoms. The lowest BCUT2D eigenvalue weighted by atomic mass is 10.3. The number of nitrogens with two attached hydrogens (primary N) is 1. The summed E-state index contributed by atoms with van der Waals surface area (Å²) in [7, 11) is -3.80. The largest absolute Gasteiger partial charge is 0.321 e. The summed E-state index contributed by atoms with van der Waals surface area (Å²) in [6.45, 7) is 0. The van der Waals surface area contributed by atoms with Crippen LogP contribution in [0.1, 0.15) is 10.5 Å². The number of imidazole rings is 1. The van der Waals surface area contributed by atoms with E-state index >= 15 is 0 Å². The smallest absolute Gasteiger partial charge is 0.275 e. The van der Waals surface area contributed by atoms with Gasteiger partial charge in [0.05, 0.1) is 4.90 Å². The number of primary sulfonamides is 1. The summed E-state index contributed by atoms with van der Waals surface area (Å²) in [5.74, 6) is -0.382. The summed E-state index contributed by atoms with van der Waals surface area (Å²) in [6.07, 6.45) is 2.76. The molecule has 0 bridgehead atoms. The second-order valence-electron chi connectivity index (χ2n) is 4.62. The molecular weight excluding hydrogens is 304 g/mol. The number of rotatable bonds is 3. The number of nitrogens with one attached hydrogen (secondary N) is 1. The van der Waals surface area contributed by atoms with Crippen molar-refractivity contribution in [1.82, 2.24) is 9.38 Å². The van der Waals surface area contributed by atoms with E-state index in [1.54, 1.807) is 24.3 Å². The van der Waals surface area contributed by atoms with Crippen molar-refractivity contribution in [3.05, 3.63) is 60.6 Å². The summed E-state index contributed by atoms with van der Waals surface area (Å²) in [6, 6.07) is 11.8. The molecule has 0 unspecified atom stereocenters. The first-order valence-electron chi connectivity index (χ1n) is 6.31. The van der Waals surface area contributed by atoms with Gasteiger partial charge in [-0.1, -0.05) is 18.2 Å². The Bertz CT molecular complexity index is 949. The van der Waals surface area contributed by atoms with Crippen LogP contribution in [0.5, 0.6) is 0 Å². The fraction of sp³-hybridized carbons (Fsp3) is 0. The Morgan fingerprint density at radius 3 is 2.50 bits per heavy atom. The predicted molar refractivity (Wildman–Crippen MR) is 81.0 cm³/mol. The average Bonchev–Trinajstić information content (AvgIpc) is 2.90. The number of benzene rings is 1. The van der Waals surface area contributed by atoms with Gasteiger partial charge in [-0.2, -0.15) is 0 Å². The highest BCUT2D eigenvalue weighted by atomic mass is 32.2. The molecule has 0 radical (unpaired) electrons. The minimum absolute atomic E-state index is 0.0487. The van der Waals surface area contributed by atoms with E-state index in [2.05, 4.69) is 10.3 Å². The van der Waals surface area contributed by atoms with Gasteiger partial charge >= 0.3 is 0 Å². The summed E-state index contributed by atoms with van der Waals surface area (Å²) in [5, 5.41) is 7.78. The van der Waals surface area contributed by atoms with Crippen molar-refractivity contribution < 1.29 is 13.2 Å². The van der Waals surface area contributed by atoms with Crippen LogP contribution in [0.2, 0.25) is 0 Å². The molecule has 8 heteroatoms. The molecule has 0 fully saturated rings. The van der Waals surface area contributed by atoms with E-state index < -0.39 is 10.0 Å². The second kappa shape index (κ2) is 5.24. The third-order valence-electron chi connectivity index (χ3n) is 3.02. The lowest BCUT2D eigenvalue weighted by molar-refractivity contribution is 0.102. The molecule has 0 aliphatic heterocycles. The van der Waals surface area contributed by atoms with Gasteiger partial charge in [-0.25, -0.2) is 18.5 Å². The standard InChI is InChI=1S/C14H12N4O3S/c15-22(20,21)11-6-7-13-17-12(9-18(13)8-11)14(19)16-10-4-2-1-3-5-10/h1-9H,(H,16,19)(H2,15,20,21). The lowest BCUT2D eigenvalue weighted by Crippen LogP contribution is -2.12. The Kier molecular flexibility index (Phi) is 3.39. The number of aromatic nitrogens is 2. The Hall–Kier alpha value is -2.71. The number of sulfonamides is 1. The number of nitrogens with zero attached hydrogens (tertiary/aromatic N) is 2. The van der Waals surface area contributed by atoms with E-state index in [4.69, 9.17) is 5.14 Å². The highest BCUT2D eigenvalue weighted by Gasteiger charge is 2.13. The zero-order valence-corrected chi connectivity index (χ0v) is 12.1. The maximum absolute atomic E-state index is 12.1. The molecule has 0 aliphatic rings. The van der Waals surface area contributed by atoms with Crippen LogP contribution in [0.25, 0.3) is 5.65 Å². The van der Waals surface area contributed by atoms with E-state index in [0.717, 1.165) is 0 Å². The number of hydrogen-bond acceptors (Lipinski definition) is 4. The van der Waals surface area contributed by atoms with Crippen molar-refractivity contribution >= 4 is 27.3 Å². The summed E-state index contributed by atoms with van der Waals surface area (Å²) >= 11 is 0. The highest BCUT2D eigenvalue weighted by molar-refractivity contribution is 7.89. The number of anilines is 1. The molecule has 0 atom stereocenters. The van der Waals surface area contributed by atoms with Crippen LogP contribution in [0.3, 0.4) is 0 Å². The third-order valence-corrected chi connectivity index (χ3v) is 3.92. The topological polar surface area (TPSA) is 107 Å². The minimum Gasteiger partial charge on any atom is -0.321 e. The quantitative estimate of drug-likeness (QED) is 0.758. The molecule has 2 heterocycles. The first-order chi connectivity index (χ1) is 10.4. The number of fused-ring (bicyclic) bond motifs is 1. The number of carbonyl (C=O) groups is 1. The third kappa shape index (κ3) is 2.83. The summed E-state index contributed by atoms with van der Waals surface area (Å²) in [5.41, 5.74) is 1.27. The van der Waals surface area contributed by atoms with Crippen molar-refractivity contribution in [1.29, 1.82) is 0 Å². The molecule has 0 spiro atoms. The Morgan fingerprint density at radius 2 is 1.82 bits per heavy atom. The van der Waals surface area contributed by atoms with E-state index in [1.165, 1.54) is 28.9 Å². The molecule has 3 rings (SSSR count). The zero-order valence-electron chi connectivity index (χ0n) is 11.3. The van der Waals surface area contributed by atoms with Gasteiger partial charge in [0.25, 0.3) is 5.91 Å². The fourth-order valence-electron chi connectivity index (χ4n) is 1.97. The van der Waals surface area contributed by atoms with Crippen LogP contribution in [-0.2, 0) is 10.0 Å². The number of carbonyl (C=O) groups excluding carboxylic acids is 1. The van der Waals surface area contributed by atoms with Gasteiger partial charge < -0.3 is 9.72 Å². The lowest BCUT2D eigenvalue weighted by Gasteiger charge is -2.01. The van der Waals surface area contributed by atoms with E-state index in [-0.39, 0.29) is 16.5 Å². The number of amides is 1. The molecule has 112 valence electrons. The fourth-order valence-corrected chi connectivity index (χ4v) is 2.48. The molecule has 3 aromatic rings. The van der Waals surface area contributed by atoms with E-state index in [0.29, 0.717) is 11.3 Å². The summed E-state index contributed by atoms with van der Waals surface area (Å²) < 4.78 is 24.1. The van der Waals surface area contributed by atoms with Crippen molar-refractivity contribution in [3.8, 4) is 0 Å². The summed E-state index contributed by atoms with van der Waals surface area (Å²) in [4.78, 5) is 16.2. The molecule has 0 saturated carbocycles. The van der Waals surface area contributed by atoms with Crippen LogP contribution in [0.4, 0.5) is 5.69 Å². The van der Waals surface area contributed by atoms with Gasteiger partial charge in [-0.3, -0.25) is 4.79 Å². The van der Waals surface area contributed by atoms with Gasteiger partial charge in [-0.05, 0) is 24.3 Å². The number of hydrogen-bond donors (Lipinski definition) is 2. The van der Waals surface area contributed by atoms with Gasteiger partial charge in [0.1, 0.15) is 11.3 Å². The van der Waals surface area contributed by atoms with Crippen LogP contribution in [0.15, 0.2) is 59.8 Å². The molecule has 0 aliphatic carbocycles. The minimum atomic E-state index is -3.80. The zero-order chi connectivity index (χ0) is 15.7. The molecule has 7 nitrogen and oxygen atoms in total. The van der Waals surface area contributed by atoms with Gasteiger partial charge in [-0.15, -0.1) is 0 Å². The molecule has 1 amide bonds. The predicted octanol–water partition coefficient (Wildman–Crippen LogP) is 1.23. The maximum atomic E-state index is 12.1. The van der Waals surface area contributed by atoms with E-state index in [1.807, 2.05) is 6.07 Å². The first-order valence-corrected chi connectivity index (χ1v) is 7.86. The van der Waals surface area contributed by atoms with Crippen LogP contribution in [-0.4, -0.2) is 23.7 Å². The van der Waals surface area contributed by atoms with Crippen molar-refractivity contribution in [2.75, 3.05) is 5.32 Å². The van der Waals surface area contributed by atoms with Gasteiger partial charge in [0, 0.05) is 18.1 Å². The Labute approximate surface area is 126 Å². The van der Waals surface area contributed by atoms with Crippen LogP contribution < -0.4 is 10.5 Å². The molecule has 0 saturated heterocycles. The number of para-hydroxylation sites is 1. The van der Waals surface area contributed by atoms with Crippen LogP contribution in [0, 0.1) is 0 Å². The Balaban J connectivity index is 1.93. The van der Waals surface area contributed by atoms with Crippen molar-refractivity contribution in [2.24, 2.45) is 5.14 Å². The van der Waals surface area contributed by atoms with E-state index in [9.17, 15) is 13.2 Å². The molecule has 1 aromatic carbocycles. The van der Waals surface area contributed by atoms with Crippen molar-refractivity contribution in [3.63, 3.8) is 0 Å². The normalized spacial score (nSPS) is 11.5. The number of pyridine rings is 1. The molecule has 2 aromatic heterocycles. The SMILES string of the molecule is NS(=O)(=O)c1ccc2nc(C(=O)Nc3ccccc3)cn2c1. The maximum Gasteiger partial charge on any atom is 0.275 e. The van der Waals surface area contributed by atoms with Gasteiger partial charge in [0.15, 0.2) is 0 Å². The first kappa shape index (κ1) is 14.2. The van der Waals surface area contributed by atoms with Crippen molar-refractivity contribution in [2.45, 2.75) is 4.90 Å². The Morgan fingerprint density at radius 1 is 1.09 bits per heavy atom. The second-order valence-corrected chi connectivity index (χ2v) is 6.18. The monoisotopic (exact) mass is 316 g/mol. The van der Waals surface area contributed by atoms with Gasteiger partial charge in [0.2, 0.25) is 10.0 Å². The molecule has 3 N–H and O–H groups in total. The van der Waals surface area contributed by atoms with Crippen LogP contribution >= 0.6 is 0 Å². The molecular formula is C14H12N4O3S. The highest BCUT2D eigenvalue weighted by Crippen LogP contribution is 2.13.